The molecule has 0 atom stereocenters. The number of piperazine rings is 1. The highest BCUT2D eigenvalue weighted by Crippen LogP contribution is 2.09. The highest BCUT2D eigenvalue weighted by Gasteiger charge is 2.13. The van der Waals surface area contributed by atoms with E-state index >= 15 is 0 Å². The van der Waals surface area contributed by atoms with Gasteiger partial charge in [-0.2, -0.15) is 0 Å². The smallest absolute Gasteiger partial charge is 0.127 e. The molecule has 1 fully saturated rings. The van der Waals surface area contributed by atoms with E-state index in [9.17, 15) is 0 Å². The number of hydrogen-bond donors (Lipinski definition) is 1. The minimum atomic E-state index is 0.733. The van der Waals surface area contributed by atoms with Crippen molar-refractivity contribution in [1.82, 2.24) is 10.2 Å². The van der Waals surface area contributed by atoms with Crippen LogP contribution >= 0.6 is 0 Å². The van der Waals surface area contributed by atoms with Gasteiger partial charge in [-0.15, -0.1) is 0 Å². The van der Waals surface area contributed by atoms with Crippen molar-refractivity contribution in [2.45, 2.75) is 0 Å². The van der Waals surface area contributed by atoms with Crippen molar-refractivity contribution < 1.29 is 4.74 Å². The van der Waals surface area contributed by atoms with E-state index in [0.717, 1.165) is 32.8 Å². The van der Waals surface area contributed by atoms with Gasteiger partial charge in [0.15, 0.2) is 0 Å². The summed E-state index contributed by atoms with van der Waals surface area (Å²) in [6.45, 7) is 5.10. The minimum Gasteiger partial charge on any atom is -0.495 e. The standard InChI is InChI=1S/C9H14N2O/c1-2-9(8-12-7-1)11-5-3-10-4-6-11/h1-2,7,10H,3-6,8H2. The number of rotatable bonds is 1. The highest BCUT2D eigenvalue weighted by atomic mass is 16.5. The molecule has 0 amide bonds. The van der Waals surface area contributed by atoms with Crippen molar-refractivity contribution in [1.29, 1.82) is 0 Å². The zero-order chi connectivity index (χ0) is 8.23. The van der Waals surface area contributed by atoms with Crippen molar-refractivity contribution in [3.63, 3.8) is 0 Å². The van der Waals surface area contributed by atoms with Crippen LogP contribution in [0.1, 0.15) is 0 Å². The second kappa shape index (κ2) is 3.63. The quantitative estimate of drug-likeness (QED) is 0.607. The van der Waals surface area contributed by atoms with E-state index in [4.69, 9.17) is 4.74 Å². The summed E-state index contributed by atoms with van der Waals surface area (Å²) in [6, 6.07) is 0. The Labute approximate surface area is 72.7 Å². The molecule has 2 rings (SSSR count). The molecule has 0 aromatic heterocycles. The molecular formula is C9H14N2O. The summed E-state index contributed by atoms with van der Waals surface area (Å²) in [5.41, 5.74) is 1.30. The van der Waals surface area contributed by atoms with Crippen LogP contribution in [0.4, 0.5) is 0 Å². The Balaban J connectivity index is 1.97. The zero-order valence-electron chi connectivity index (χ0n) is 7.12. The van der Waals surface area contributed by atoms with Gasteiger partial charge in [0, 0.05) is 26.2 Å². The van der Waals surface area contributed by atoms with Gasteiger partial charge in [-0.1, -0.05) is 0 Å². The Morgan fingerprint density at radius 1 is 1.33 bits per heavy atom. The van der Waals surface area contributed by atoms with Crippen LogP contribution in [-0.4, -0.2) is 37.7 Å². The van der Waals surface area contributed by atoms with Gasteiger partial charge in [0.1, 0.15) is 6.61 Å². The summed E-state index contributed by atoms with van der Waals surface area (Å²) >= 11 is 0. The summed E-state index contributed by atoms with van der Waals surface area (Å²) in [7, 11) is 0. The Bertz CT molecular complexity index is 205. The monoisotopic (exact) mass is 166 g/mol. The largest absolute Gasteiger partial charge is 0.495 e. The molecule has 1 N–H and O–H groups in total. The summed E-state index contributed by atoms with van der Waals surface area (Å²) in [5.74, 6) is 0. The summed E-state index contributed by atoms with van der Waals surface area (Å²) in [6.07, 6.45) is 5.83. The molecule has 3 heteroatoms. The fraction of sp³-hybridized carbons (Fsp3) is 0.556. The predicted octanol–water partition coefficient (Wildman–Crippen LogP) is 0.319. The molecule has 0 saturated carbocycles. The summed E-state index contributed by atoms with van der Waals surface area (Å²) in [5, 5.41) is 3.33. The van der Waals surface area contributed by atoms with E-state index in [1.54, 1.807) is 6.26 Å². The molecule has 0 radical (unpaired) electrons. The number of ether oxygens (including phenoxy) is 1. The first-order valence-corrected chi connectivity index (χ1v) is 4.40. The molecule has 66 valence electrons. The Hall–Kier alpha value is -0.960. The SMILES string of the molecule is C1=COCC(N2CCNCC2)=C1. The van der Waals surface area contributed by atoms with Crippen molar-refractivity contribution in [2.75, 3.05) is 32.8 Å². The maximum absolute atomic E-state index is 5.22. The van der Waals surface area contributed by atoms with Crippen LogP contribution < -0.4 is 5.32 Å². The lowest BCUT2D eigenvalue weighted by Gasteiger charge is -2.31. The molecule has 1 saturated heterocycles. The highest BCUT2D eigenvalue weighted by molar-refractivity contribution is 5.14. The summed E-state index contributed by atoms with van der Waals surface area (Å²) < 4.78 is 5.22. The number of allylic oxidation sites excluding steroid dienone is 2. The lowest BCUT2D eigenvalue weighted by atomic mass is 10.3. The van der Waals surface area contributed by atoms with Crippen LogP contribution in [-0.2, 0) is 4.74 Å². The Morgan fingerprint density at radius 3 is 2.83 bits per heavy atom. The second-order valence-electron chi connectivity index (χ2n) is 3.03. The molecule has 0 spiro atoms. The van der Waals surface area contributed by atoms with Crippen LogP contribution in [0.3, 0.4) is 0 Å². The van der Waals surface area contributed by atoms with Gasteiger partial charge in [0.05, 0.1) is 12.0 Å². The average Bonchev–Trinajstić information content (AvgIpc) is 2.21. The van der Waals surface area contributed by atoms with Gasteiger partial charge >= 0.3 is 0 Å². The van der Waals surface area contributed by atoms with Crippen molar-refractivity contribution >= 4 is 0 Å². The van der Waals surface area contributed by atoms with Crippen LogP contribution in [0.15, 0.2) is 24.1 Å². The number of hydrogen-bond acceptors (Lipinski definition) is 3. The van der Waals surface area contributed by atoms with Gasteiger partial charge in [0.25, 0.3) is 0 Å². The number of nitrogens with zero attached hydrogens (tertiary/aromatic N) is 1. The lowest BCUT2D eigenvalue weighted by Crippen LogP contribution is -2.43. The predicted molar refractivity (Wildman–Crippen MR) is 47.6 cm³/mol. The molecule has 0 bridgehead atoms. The van der Waals surface area contributed by atoms with Crippen molar-refractivity contribution in [2.24, 2.45) is 0 Å². The molecular weight excluding hydrogens is 152 g/mol. The van der Waals surface area contributed by atoms with Crippen LogP contribution in [0.5, 0.6) is 0 Å². The molecule has 2 heterocycles. The van der Waals surface area contributed by atoms with Crippen LogP contribution in [0.2, 0.25) is 0 Å². The van der Waals surface area contributed by atoms with E-state index < -0.39 is 0 Å². The Morgan fingerprint density at radius 2 is 2.17 bits per heavy atom. The van der Waals surface area contributed by atoms with Crippen LogP contribution in [0, 0.1) is 0 Å². The maximum Gasteiger partial charge on any atom is 0.127 e. The fourth-order valence-electron chi connectivity index (χ4n) is 1.54. The van der Waals surface area contributed by atoms with Gasteiger partial charge < -0.3 is 15.0 Å². The summed E-state index contributed by atoms with van der Waals surface area (Å²) in [4.78, 5) is 2.38. The van der Waals surface area contributed by atoms with E-state index in [1.165, 1.54) is 5.70 Å². The van der Waals surface area contributed by atoms with Crippen molar-refractivity contribution in [3.8, 4) is 0 Å². The number of nitrogens with one attached hydrogen (secondary N) is 1. The van der Waals surface area contributed by atoms with Gasteiger partial charge in [-0.25, -0.2) is 0 Å². The molecule has 2 aliphatic rings. The zero-order valence-corrected chi connectivity index (χ0v) is 7.12. The van der Waals surface area contributed by atoms with Gasteiger partial charge in [-0.05, 0) is 12.2 Å². The molecule has 2 aliphatic heterocycles. The fourth-order valence-corrected chi connectivity index (χ4v) is 1.54. The lowest BCUT2D eigenvalue weighted by molar-refractivity contribution is 0.208. The average molecular weight is 166 g/mol. The second-order valence-corrected chi connectivity index (χ2v) is 3.03. The molecule has 12 heavy (non-hydrogen) atoms. The van der Waals surface area contributed by atoms with E-state index in [2.05, 4.69) is 16.3 Å². The normalized spacial score (nSPS) is 23.3. The third-order valence-electron chi connectivity index (χ3n) is 2.22. The maximum atomic E-state index is 5.22. The minimum absolute atomic E-state index is 0.733. The topological polar surface area (TPSA) is 24.5 Å². The molecule has 0 unspecified atom stereocenters. The molecule has 0 aliphatic carbocycles. The third-order valence-corrected chi connectivity index (χ3v) is 2.22. The third kappa shape index (κ3) is 1.61. The first-order chi connectivity index (χ1) is 5.97. The first kappa shape index (κ1) is 7.68. The molecule has 3 nitrogen and oxygen atoms in total. The van der Waals surface area contributed by atoms with E-state index in [1.807, 2.05) is 6.08 Å². The Kier molecular flexibility index (Phi) is 2.32. The molecule has 0 aromatic carbocycles. The van der Waals surface area contributed by atoms with Gasteiger partial charge in [-0.3, -0.25) is 0 Å². The van der Waals surface area contributed by atoms with Crippen LogP contribution in [0.25, 0.3) is 0 Å². The first-order valence-electron chi connectivity index (χ1n) is 4.40. The molecule has 0 aromatic rings. The van der Waals surface area contributed by atoms with E-state index in [0.29, 0.717) is 0 Å². The van der Waals surface area contributed by atoms with Crippen molar-refractivity contribution in [3.05, 3.63) is 24.1 Å². The van der Waals surface area contributed by atoms with E-state index in [-0.39, 0.29) is 0 Å². The van der Waals surface area contributed by atoms with Gasteiger partial charge in [0.2, 0.25) is 0 Å².